The lowest BCUT2D eigenvalue weighted by Gasteiger charge is -2.26. The first-order chi connectivity index (χ1) is 14.1. The van der Waals surface area contributed by atoms with Crippen molar-refractivity contribution in [2.75, 3.05) is 18.4 Å². The number of nitrogens with zero attached hydrogens (tertiary/aromatic N) is 2. The minimum absolute atomic E-state index is 0.0135. The van der Waals surface area contributed by atoms with Crippen LogP contribution in [0.5, 0.6) is 0 Å². The third kappa shape index (κ3) is 4.35. The highest BCUT2D eigenvalue weighted by molar-refractivity contribution is 7.17. The van der Waals surface area contributed by atoms with Gasteiger partial charge in [0.2, 0.25) is 0 Å². The van der Waals surface area contributed by atoms with Gasteiger partial charge in [0.1, 0.15) is 15.7 Å². The molecule has 3 aromatic rings. The molecule has 0 saturated carbocycles. The highest BCUT2D eigenvalue weighted by atomic mass is 32.1. The second-order valence-electron chi connectivity index (χ2n) is 6.90. The van der Waals surface area contributed by atoms with Crippen molar-refractivity contribution in [2.24, 2.45) is 0 Å². The van der Waals surface area contributed by atoms with Crippen molar-refractivity contribution in [1.29, 1.82) is 0 Å². The zero-order valence-electron chi connectivity index (χ0n) is 15.7. The number of anilines is 1. The second-order valence-corrected chi connectivity index (χ2v) is 7.93. The molecule has 0 unspecified atom stereocenters. The van der Waals surface area contributed by atoms with Crippen LogP contribution in [0, 0.1) is 5.82 Å². The Hall–Kier alpha value is -3.06. The van der Waals surface area contributed by atoms with E-state index >= 15 is 0 Å². The van der Waals surface area contributed by atoms with Crippen LogP contribution in [0.25, 0.3) is 10.6 Å². The average Bonchev–Trinajstić information content (AvgIpc) is 3.24. The van der Waals surface area contributed by atoms with Crippen LogP contribution < -0.4 is 5.32 Å². The van der Waals surface area contributed by atoms with Gasteiger partial charge in [-0.2, -0.15) is 0 Å². The Labute approximate surface area is 172 Å². The van der Waals surface area contributed by atoms with Crippen molar-refractivity contribution in [3.05, 3.63) is 71.0 Å². The summed E-state index contributed by atoms with van der Waals surface area (Å²) in [4.78, 5) is 31.7. The van der Waals surface area contributed by atoms with Gasteiger partial charge >= 0.3 is 0 Å². The maximum atomic E-state index is 13.9. The number of hydrogen-bond acceptors (Lipinski definition) is 4. The lowest BCUT2D eigenvalue weighted by atomic mass is 10.1. The third-order valence-corrected chi connectivity index (χ3v) is 5.87. The van der Waals surface area contributed by atoms with E-state index in [4.69, 9.17) is 0 Å². The van der Waals surface area contributed by atoms with Crippen LogP contribution in [-0.4, -0.2) is 34.8 Å². The summed E-state index contributed by atoms with van der Waals surface area (Å²) in [6, 6.07) is 13.3. The van der Waals surface area contributed by atoms with Crippen molar-refractivity contribution in [2.45, 2.75) is 19.3 Å². The normalized spacial score (nSPS) is 13.9. The lowest BCUT2D eigenvalue weighted by Crippen LogP contribution is -2.35. The number of aromatic nitrogens is 1. The van der Waals surface area contributed by atoms with Crippen molar-refractivity contribution in [3.8, 4) is 10.6 Å². The predicted molar refractivity (Wildman–Crippen MR) is 112 cm³/mol. The predicted octanol–water partition coefficient (Wildman–Crippen LogP) is 4.83. The molecular weight excluding hydrogens is 389 g/mol. The Kier molecular flexibility index (Phi) is 5.67. The number of amides is 2. The second kappa shape index (κ2) is 8.53. The van der Waals surface area contributed by atoms with Crippen LogP contribution in [-0.2, 0) is 0 Å². The molecule has 1 N–H and O–H groups in total. The van der Waals surface area contributed by atoms with E-state index in [1.165, 1.54) is 12.3 Å². The Morgan fingerprint density at radius 3 is 2.62 bits per heavy atom. The van der Waals surface area contributed by atoms with Gasteiger partial charge in [-0.3, -0.25) is 9.59 Å². The fourth-order valence-corrected chi connectivity index (χ4v) is 4.18. The van der Waals surface area contributed by atoms with E-state index in [2.05, 4.69) is 10.3 Å². The van der Waals surface area contributed by atoms with Gasteiger partial charge in [0.25, 0.3) is 11.8 Å². The summed E-state index contributed by atoms with van der Waals surface area (Å²) >= 11 is 1.12. The smallest absolute Gasteiger partial charge is 0.267 e. The number of carbonyl (C=O) groups is 2. The SMILES string of the molecule is O=C(Nc1cccc(C(=O)N2CCCCC2)c1)c1cnc(-c2ccccc2F)s1. The van der Waals surface area contributed by atoms with E-state index in [9.17, 15) is 14.0 Å². The Bertz CT molecular complexity index is 1040. The van der Waals surface area contributed by atoms with Crippen molar-refractivity contribution in [1.82, 2.24) is 9.88 Å². The van der Waals surface area contributed by atoms with Crippen LogP contribution in [0.3, 0.4) is 0 Å². The van der Waals surface area contributed by atoms with Gasteiger partial charge in [-0.1, -0.05) is 18.2 Å². The summed E-state index contributed by atoms with van der Waals surface area (Å²) in [7, 11) is 0. The van der Waals surface area contributed by atoms with Gasteiger partial charge in [-0.15, -0.1) is 11.3 Å². The van der Waals surface area contributed by atoms with E-state index in [-0.39, 0.29) is 17.6 Å². The number of nitrogens with one attached hydrogen (secondary N) is 1. The molecule has 1 saturated heterocycles. The standard InChI is InChI=1S/C22H20FN3O2S/c23-18-10-3-2-9-17(18)21-24-14-19(29-21)20(27)25-16-8-6-7-15(13-16)22(28)26-11-4-1-5-12-26/h2-3,6-10,13-14H,1,4-5,11-12H2,(H,25,27). The quantitative estimate of drug-likeness (QED) is 0.671. The first kappa shape index (κ1) is 19.3. The monoisotopic (exact) mass is 409 g/mol. The number of piperidine rings is 1. The summed E-state index contributed by atoms with van der Waals surface area (Å²) in [5.41, 5.74) is 1.46. The van der Waals surface area contributed by atoms with Gasteiger partial charge in [0.05, 0.1) is 6.20 Å². The molecule has 0 atom stereocenters. The van der Waals surface area contributed by atoms with E-state index in [1.807, 2.05) is 4.90 Å². The highest BCUT2D eigenvalue weighted by Crippen LogP contribution is 2.28. The summed E-state index contributed by atoms with van der Waals surface area (Å²) in [6.07, 6.45) is 4.64. The first-order valence-corrected chi connectivity index (χ1v) is 10.3. The Balaban J connectivity index is 1.48. The first-order valence-electron chi connectivity index (χ1n) is 9.53. The van der Waals surface area contributed by atoms with Crippen LogP contribution >= 0.6 is 11.3 Å². The maximum Gasteiger partial charge on any atom is 0.267 e. The Morgan fingerprint density at radius 2 is 1.83 bits per heavy atom. The third-order valence-electron chi connectivity index (χ3n) is 4.84. The molecule has 0 aliphatic carbocycles. The molecule has 2 aromatic carbocycles. The van der Waals surface area contributed by atoms with Crippen LogP contribution in [0.1, 0.15) is 39.3 Å². The molecule has 0 spiro atoms. The minimum Gasteiger partial charge on any atom is -0.339 e. The maximum absolute atomic E-state index is 13.9. The van der Waals surface area contributed by atoms with E-state index in [1.54, 1.807) is 42.5 Å². The van der Waals surface area contributed by atoms with Gasteiger partial charge in [0, 0.05) is 29.9 Å². The molecule has 1 aliphatic rings. The van der Waals surface area contributed by atoms with Gasteiger partial charge in [-0.05, 0) is 49.6 Å². The summed E-state index contributed by atoms with van der Waals surface area (Å²) in [5, 5.41) is 3.25. The van der Waals surface area contributed by atoms with Crippen LogP contribution in [0.2, 0.25) is 0 Å². The summed E-state index contributed by atoms with van der Waals surface area (Å²) in [6.45, 7) is 1.55. The summed E-state index contributed by atoms with van der Waals surface area (Å²) < 4.78 is 13.9. The van der Waals surface area contributed by atoms with E-state index in [0.717, 1.165) is 43.7 Å². The fourth-order valence-electron chi connectivity index (χ4n) is 3.34. The van der Waals surface area contributed by atoms with Gasteiger partial charge < -0.3 is 10.2 Å². The number of likely N-dealkylation sites (tertiary alicyclic amines) is 1. The number of hydrogen-bond donors (Lipinski definition) is 1. The number of thiazole rings is 1. The average molecular weight is 409 g/mol. The van der Waals surface area contributed by atoms with E-state index < -0.39 is 0 Å². The van der Waals surface area contributed by atoms with Crippen molar-refractivity contribution >= 4 is 28.8 Å². The molecule has 2 heterocycles. The van der Waals surface area contributed by atoms with Crippen molar-refractivity contribution in [3.63, 3.8) is 0 Å². The van der Waals surface area contributed by atoms with E-state index in [0.29, 0.717) is 26.7 Å². The number of halogens is 1. The van der Waals surface area contributed by atoms with Gasteiger partial charge in [0.15, 0.2) is 0 Å². The zero-order chi connectivity index (χ0) is 20.2. The largest absolute Gasteiger partial charge is 0.339 e. The molecule has 148 valence electrons. The number of rotatable bonds is 4. The minimum atomic E-state index is -0.377. The molecule has 4 rings (SSSR count). The molecule has 7 heteroatoms. The fraction of sp³-hybridized carbons (Fsp3) is 0.227. The molecule has 1 fully saturated rings. The zero-order valence-corrected chi connectivity index (χ0v) is 16.5. The van der Waals surface area contributed by atoms with Crippen molar-refractivity contribution < 1.29 is 14.0 Å². The summed E-state index contributed by atoms with van der Waals surface area (Å²) in [5.74, 6) is -0.731. The lowest BCUT2D eigenvalue weighted by molar-refractivity contribution is 0.0724. The van der Waals surface area contributed by atoms with Crippen LogP contribution in [0.15, 0.2) is 54.7 Å². The Morgan fingerprint density at radius 1 is 1.03 bits per heavy atom. The molecule has 1 aliphatic heterocycles. The molecular formula is C22H20FN3O2S. The van der Waals surface area contributed by atoms with Crippen LogP contribution in [0.4, 0.5) is 10.1 Å². The number of benzene rings is 2. The highest BCUT2D eigenvalue weighted by Gasteiger charge is 2.19. The van der Waals surface area contributed by atoms with Gasteiger partial charge in [-0.25, -0.2) is 9.37 Å². The molecule has 29 heavy (non-hydrogen) atoms. The molecule has 1 aromatic heterocycles. The number of carbonyl (C=O) groups excluding carboxylic acids is 2. The molecule has 2 amide bonds. The molecule has 5 nitrogen and oxygen atoms in total. The molecule has 0 radical (unpaired) electrons. The topological polar surface area (TPSA) is 62.3 Å². The molecule has 0 bridgehead atoms.